The average Bonchev–Trinajstić information content (AvgIpc) is 3.53. The summed E-state index contributed by atoms with van der Waals surface area (Å²) in [5.74, 6) is -1.24. The molecule has 5 N–H and O–H groups in total. The molecule has 3 aromatic carbocycles. The van der Waals surface area contributed by atoms with E-state index in [-0.39, 0.29) is 19.1 Å². The van der Waals surface area contributed by atoms with Crippen molar-refractivity contribution in [2.75, 3.05) is 22.6 Å². The van der Waals surface area contributed by atoms with Crippen LogP contribution < -0.4 is 16.0 Å². The Morgan fingerprint density at radius 3 is 2.60 bits per heavy atom. The Balaban J connectivity index is 1.28. The maximum Gasteiger partial charge on any atom is 0.264 e. The fourth-order valence-electron chi connectivity index (χ4n) is 5.11. The Labute approximate surface area is 254 Å². The van der Waals surface area contributed by atoms with Gasteiger partial charge in [-0.3, -0.25) is 14.3 Å². The number of aliphatic hydroxyl groups is 2. The number of nitrogen functional groups attached to an aromatic ring is 1. The van der Waals surface area contributed by atoms with Crippen LogP contribution in [0.5, 0.6) is 0 Å². The first-order valence-corrected chi connectivity index (χ1v) is 14.3. The number of aromatic nitrogens is 3. The fraction of sp³-hybridized carbons (Fsp3) is 0.250. The van der Waals surface area contributed by atoms with Gasteiger partial charge in [0.15, 0.2) is 5.60 Å². The van der Waals surface area contributed by atoms with Crippen molar-refractivity contribution in [2.45, 2.75) is 38.5 Å². The molecule has 0 saturated carbocycles. The summed E-state index contributed by atoms with van der Waals surface area (Å²) in [6.07, 6.45) is 6.59. The molecule has 4 aromatic rings. The molecule has 0 radical (unpaired) electrons. The predicted octanol–water partition coefficient (Wildman–Crippen LogP) is 4.32. The highest BCUT2D eigenvalue weighted by atomic mass is 35.5. The summed E-state index contributed by atoms with van der Waals surface area (Å²) < 4.78 is 1.70. The smallest absolute Gasteiger partial charge is 0.264 e. The predicted molar refractivity (Wildman–Crippen MR) is 166 cm³/mol. The van der Waals surface area contributed by atoms with E-state index in [9.17, 15) is 14.7 Å². The van der Waals surface area contributed by atoms with Gasteiger partial charge in [0.1, 0.15) is 0 Å². The second-order valence-corrected chi connectivity index (χ2v) is 11.0. The largest absolute Gasteiger partial charge is 0.399 e. The number of amides is 2. The highest BCUT2D eigenvalue weighted by Gasteiger charge is 2.52. The van der Waals surface area contributed by atoms with Crippen molar-refractivity contribution in [3.63, 3.8) is 0 Å². The Morgan fingerprint density at radius 1 is 1.14 bits per heavy atom. The zero-order valence-corrected chi connectivity index (χ0v) is 24.4. The van der Waals surface area contributed by atoms with Gasteiger partial charge in [-0.05, 0) is 66.6 Å². The number of anilines is 3. The summed E-state index contributed by atoms with van der Waals surface area (Å²) in [7, 11) is 0. The number of allylic oxidation sites excluding steroid dienone is 1. The summed E-state index contributed by atoms with van der Waals surface area (Å²) in [5.41, 5.74) is 8.17. The summed E-state index contributed by atoms with van der Waals surface area (Å²) >= 11 is 6.31. The van der Waals surface area contributed by atoms with Gasteiger partial charge in [-0.15, -0.1) is 5.10 Å². The molecule has 1 aliphatic rings. The van der Waals surface area contributed by atoms with Crippen LogP contribution in [-0.4, -0.2) is 43.6 Å². The molecular weight excluding hydrogens is 568 g/mol. The third-order valence-corrected chi connectivity index (χ3v) is 7.75. The van der Waals surface area contributed by atoms with E-state index in [0.29, 0.717) is 52.6 Å². The number of hydrogen-bond acceptors (Lipinski definition) is 7. The molecule has 0 aliphatic carbocycles. The molecule has 1 aromatic heterocycles. The van der Waals surface area contributed by atoms with Crippen LogP contribution in [0.25, 0.3) is 0 Å². The molecule has 1 aliphatic heterocycles. The monoisotopic (exact) mass is 600 g/mol. The molecule has 2 heterocycles. The molecule has 10 nitrogen and oxygen atoms in total. The van der Waals surface area contributed by atoms with Crippen molar-refractivity contribution < 1.29 is 19.8 Å². The molecule has 222 valence electrons. The average molecular weight is 601 g/mol. The number of benzene rings is 3. The molecule has 0 unspecified atom stereocenters. The number of nitrogens with one attached hydrogen (secondary N) is 1. The molecule has 5 rings (SSSR count). The lowest BCUT2D eigenvalue weighted by atomic mass is 9.83. The summed E-state index contributed by atoms with van der Waals surface area (Å²) in [6, 6.07) is 19.0. The van der Waals surface area contributed by atoms with Crippen molar-refractivity contribution in [1.82, 2.24) is 15.0 Å². The lowest BCUT2D eigenvalue weighted by molar-refractivity contribution is -0.139. The van der Waals surface area contributed by atoms with Gasteiger partial charge in [0.05, 0.1) is 17.9 Å². The van der Waals surface area contributed by atoms with Gasteiger partial charge in [-0.25, -0.2) is 0 Å². The number of carbonyl (C=O) groups is 2. The van der Waals surface area contributed by atoms with Crippen LogP contribution in [0.1, 0.15) is 40.5 Å². The maximum absolute atomic E-state index is 13.8. The first kappa shape index (κ1) is 30.0. The third kappa shape index (κ3) is 6.46. The zero-order valence-electron chi connectivity index (χ0n) is 23.7. The first-order valence-electron chi connectivity index (χ1n) is 14.0. The van der Waals surface area contributed by atoms with Crippen LogP contribution in [0, 0.1) is 5.92 Å². The molecular formula is C32H33ClN6O4. The normalized spacial score (nSPS) is 16.9. The number of aliphatic hydroxyl groups excluding tert-OH is 1. The van der Waals surface area contributed by atoms with Crippen LogP contribution in [-0.2, 0) is 29.9 Å². The maximum atomic E-state index is 13.8. The number of rotatable bonds is 11. The highest BCUT2D eigenvalue weighted by molar-refractivity contribution is 6.31. The van der Waals surface area contributed by atoms with Crippen LogP contribution in [0.2, 0.25) is 5.02 Å². The number of aryl methyl sites for hydroxylation is 1. The van der Waals surface area contributed by atoms with Gasteiger partial charge in [-0.1, -0.05) is 48.0 Å². The minimum atomic E-state index is -1.80. The van der Waals surface area contributed by atoms with E-state index >= 15 is 0 Å². The van der Waals surface area contributed by atoms with Gasteiger partial charge in [0.2, 0.25) is 0 Å². The van der Waals surface area contributed by atoms with Gasteiger partial charge in [0.25, 0.3) is 11.8 Å². The van der Waals surface area contributed by atoms with Crippen molar-refractivity contribution in [3.05, 3.63) is 112 Å². The van der Waals surface area contributed by atoms with Crippen LogP contribution >= 0.6 is 11.6 Å². The van der Waals surface area contributed by atoms with Crippen LogP contribution in [0.4, 0.5) is 17.1 Å². The van der Waals surface area contributed by atoms with Crippen LogP contribution in [0.15, 0.2) is 85.1 Å². The molecule has 43 heavy (non-hydrogen) atoms. The van der Waals surface area contributed by atoms with E-state index < -0.39 is 17.4 Å². The Bertz CT molecular complexity index is 1640. The number of carbonyl (C=O) groups excluding carboxylic acids is 2. The molecule has 0 bridgehead atoms. The van der Waals surface area contributed by atoms with Crippen LogP contribution in [0.3, 0.4) is 0 Å². The fourth-order valence-corrected chi connectivity index (χ4v) is 5.29. The van der Waals surface area contributed by atoms with E-state index in [1.807, 2.05) is 24.3 Å². The van der Waals surface area contributed by atoms with E-state index in [1.54, 1.807) is 77.3 Å². The summed E-state index contributed by atoms with van der Waals surface area (Å²) in [4.78, 5) is 28.0. The van der Waals surface area contributed by atoms with E-state index in [0.717, 1.165) is 11.3 Å². The molecule has 2 amide bonds. The Morgan fingerprint density at radius 2 is 1.88 bits per heavy atom. The Kier molecular flexibility index (Phi) is 8.91. The molecule has 11 heteroatoms. The summed E-state index contributed by atoms with van der Waals surface area (Å²) in [6.45, 7) is 2.61. The minimum Gasteiger partial charge on any atom is -0.399 e. The number of fused-ring (bicyclic) bond motifs is 1. The number of nitrogens with two attached hydrogens (primary N) is 1. The number of hydrogen-bond donors (Lipinski definition) is 4. The lowest BCUT2D eigenvalue weighted by Gasteiger charge is -2.27. The van der Waals surface area contributed by atoms with Gasteiger partial charge < -0.3 is 26.2 Å². The third-order valence-electron chi connectivity index (χ3n) is 7.52. The van der Waals surface area contributed by atoms with Crippen molar-refractivity contribution in [3.8, 4) is 0 Å². The second kappa shape index (κ2) is 12.8. The SMILES string of the molecule is C[C@@H](/C=C/CCn1cc(CCO)nn1)[C@]1(O)C(=O)N(Cc2ccc(NC(=O)c3ccc(N)cc3)cc2)c2ccc(Cl)cc21. The van der Waals surface area contributed by atoms with Crippen molar-refractivity contribution >= 4 is 40.5 Å². The van der Waals surface area contributed by atoms with E-state index in [4.69, 9.17) is 22.4 Å². The lowest BCUT2D eigenvalue weighted by Crippen LogP contribution is -2.44. The Hall–Kier alpha value is -4.51. The van der Waals surface area contributed by atoms with Gasteiger partial charge >= 0.3 is 0 Å². The highest BCUT2D eigenvalue weighted by Crippen LogP contribution is 2.46. The molecule has 0 fully saturated rings. The topological polar surface area (TPSA) is 147 Å². The van der Waals surface area contributed by atoms with E-state index in [1.165, 1.54) is 0 Å². The molecule has 0 spiro atoms. The molecule has 0 saturated heterocycles. The van der Waals surface area contributed by atoms with Gasteiger partial charge in [-0.2, -0.15) is 0 Å². The quantitative estimate of drug-likeness (QED) is 0.148. The van der Waals surface area contributed by atoms with Gasteiger partial charge in [0, 0.05) is 59.2 Å². The number of nitrogens with zero attached hydrogens (tertiary/aromatic N) is 4. The van der Waals surface area contributed by atoms with E-state index in [2.05, 4.69) is 15.6 Å². The first-order chi connectivity index (χ1) is 20.7. The standard InChI is InChI=1S/C32H33ClN6O4/c1-21(4-2-3-16-38-20-27(15-17-40)36-37-38)32(43)28-18-24(33)9-14-29(28)39(31(32)42)19-22-5-12-26(13-6-22)35-30(41)23-7-10-25(34)11-8-23/h2,4-14,18,20-21,40,43H,3,15-17,19,34H2,1H3,(H,35,41)/b4-2+/t21-,32+/m0/s1. The second-order valence-electron chi connectivity index (χ2n) is 10.5. The summed E-state index contributed by atoms with van der Waals surface area (Å²) in [5, 5.41) is 32.3. The minimum absolute atomic E-state index is 0.0140. The van der Waals surface area contributed by atoms with Crippen molar-refractivity contribution in [1.29, 1.82) is 0 Å². The van der Waals surface area contributed by atoms with Crippen molar-refractivity contribution in [2.24, 2.45) is 5.92 Å². The number of halogens is 1. The molecule has 2 atom stereocenters. The zero-order chi connectivity index (χ0) is 30.6.